The lowest BCUT2D eigenvalue weighted by Crippen LogP contribution is -2.48. The Morgan fingerprint density at radius 1 is 1.10 bits per heavy atom. The molecule has 104 valence electrons. The molecule has 5 rings (SSSR count). The van der Waals surface area contributed by atoms with Gasteiger partial charge in [0.15, 0.2) is 0 Å². The van der Waals surface area contributed by atoms with E-state index in [0.717, 1.165) is 17.8 Å². The van der Waals surface area contributed by atoms with Gasteiger partial charge in [-0.1, -0.05) is 6.07 Å². The third-order valence-corrected chi connectivity index (χ3v) is 5.79. The summed E-state index contributed by atoms with van der Waals surface area (Å²) in [4.78, 5) is 14.1. The molecule has 20 heavy (non-hydrogen) atoms. The predicted octanol–water partition coefficient (Wildman–Crippen LogP) is 3.83. The molecule has 4 saturated carbocycles. The molecule has 1 N–H and O–H groups in total. The minimum absolute atomic E-state index is 0.0711. The first-order valence-corrected chi connectivity index (χ1v) is 7.60. The highest BCUT2D eigenvalue weighted by molar-refractivity contribution is 5.59. The Balaban J connectivity index is 1.77. The van der Waals surface area contributed by atoms with Crippen LogP contribution in [-0.4, -0.2) is 11.2 Å². The number of carbonyl (C=O) groups excluding carboxylic acids is 1. The van der Waals surface area contributed by atoms with E-state index < -0.39 is 0 Å². The van der Waals surface area contributed by atoms with Gasteiger partial charge in [0.1, 0.15) is 11.4 Å². The van der Waals surface area contributed by atoms with Crippen LogP contribution in [0.2, 0.25) is 0 Å². The first-order valence-electron chi connectivity index (χ1n) is 7.60. The second kappa shape index (κ2) is 4.20. The first kappa shape index (κ1) is 12.2. The van der Waals surface area contributed by atoms with E-state index in [9.17, 15) is 9.90 Å². The summed E-state index contributed by atoms with van der Waals surface area (Å²) in [6.07, 6.45) is 9.60. The van der Waals surface area contributed by atoms with Gasteiger partial charge < -0.3 is 5.11 Å². The molecule has 0 saturated heterocycles. The van der Waals surface area contributed by atoms with Gasteiger partial charge in [-0.15, -0.1) is 0 Å². The maximum atomic E-state index is 10.5. The van der Waals surface area contributed by atoms with Gasteiger partial charge >= 0.3 is 0 Å². The van der Waals surface area contributed by atoms with Gasteiger partial charge in [-0.05, 0) is 79.4 Å². The van der Waals surface area contributed by atoms with Crippen molar-refractivity contribution in [2.45, 2.75) is 43.9 Å². The summed E-state index contributed by atoms with van der Waals surface area (Å²) in [6, 6.07) is 5.63. The van der Waals surface area contributed by atoms with E-state index in [4.69, 9.17) is 0 Å². The van der Waals surface area contributed by atoms with Gasteiger partial charge in [0.25, 0.3) is 0 Å². The standard InChI is InChI=1S/C17H19NO2/c19-10-18-15-6-14(1-2-16(15)20)17-7-11-3-12(8-17)5-13(4-11)9-17/h1-2,6,11-13,20H,3-5,7-9H2. The molecule has 4 bridgehead atoms. The summed E-state index contributed by atoms with van der Waals surface area (Å²) in [5.74, 6) is 2.72. The number of hydrogen-bond donors (Lipinski definition) is 1. The minimum Gasteiger partial charge on any atom is -0.506 e. The van der Waals surface area contributed by atoms with Crippen molar-refractivity contribution in [1.29, 1.82) is 0 Å². The summed E-state index contributed by atoms with van der Waals surface area (Å²) < 4.78 is 0. The number of aromatic hydroxyl groups is 1. The lowest BCUT2D eigenvalue weighted by Gasteiger charge is -2.57. The Hall–Kier alpha value is -1.60. The zero-order valence-electron chi connectivity index (χ0n) is 11.5. The molecule has 0 atom stereocenters. The predicted molar refractivity (Wildman–Crippen MR) is 75.7 cm³/mol. The van der Waals surface area contributed by atoms with Crippen molar-refractivity contribution >= 4 is 11.8 Å². The minimum atomic E-state index is 0.0711. The zero-order valence-corrected chi connectivity index (χ0v) is 11.5. The molecule has 0 aromatic heterocycles. The average Bonchev–Trinajstić information content (AvgIpc) is 2.40. The van der Waals surface area contributed by atoms with Crippen LogP contribution < -0.4 is 0 Å². The molecule has 4 fully saturated rings. The maximum Gasteiger partial charge on any atom is 0.240 e. The Morgan fingerprint density at radius 3 is 2.25 bits per heavy atom. The van der Waals surface area contributed by atoms with E-state index in [0.29, 0.717) is 5.69 Å². The summed E-state index contributed by atoms with van der Waals surface area (Å²) in [5.41, 5.74) is 1.91. The van der Waals surface area contributed by atoms with Crippen molar-refractivity contribution in [3.63, 3.8) is 0 Å². The largest absolute Gasteiger partial charge is 0.506 e. The van der Waals surface area contributed by atoms with Gasteiger partial charge in [0.05, 0.1) is 0 Å². The van der Waals surface area contributed by atoms with Gasteiger partial charge in [-0.25, -0.2) is 4.79 Å². The fraction of sp³-hybridized carbons (Fsp3) is 0.588. The number of aliphatic imine (C=N–C) groups is 1. The lowest BCUT2D eigenvalue weighted by molar-refractivity contribution is -0.00518. The quantitative estimate of drug-likeness (QED) is 0.655. The van der Waals surface area contributed by atoms with Crippen molar-refractivity contribution < 1.29 is 9.90 Å². The third kappa shape index (κ3) is 1.73. The van der Waals surface area contributed by atoms with E-state index in [1.807, 2.05) is 12.1 Å². The molecule has 0 radical (unpaired) electrons. The van der Waals surface area contributed by atoms with Crippen LogP contribution in [0.25, 0.3) is 0 Å². The summed E-state index contributed by atoms with van der Waals surface area (Å²) >= 11 is 0. The summed E-state index contributed by atoms with van der Waals surface area (Å²) in [7, 11) is 0. The summed E-state index contributed by atoms with van der Waals surface area (Å²) in [6.45, 7) is 0. The lowest BCUT2D eigenvalue weighted by atomic mass is 9.48. The monoisotopic (exact) mass is 269 g/mol. The Kier molecular flexibility index (Phi) is 2.55. The number of benzene rings is 1. The molecule has 4 aliphatic rings. The molecule has 0 heterocycles. The molecule has 4 aliphatic carbocycles. The highest BCUT2D eigenvalue weighted by atomic mass is 16.3. The molecular weight excluding hydrogens is 250 g/mol. The Bertz CT molecular complexity index is 566. The van der Waals surface area contributed by atoms with E-state index in [1.165, 1.54) is 44.1 Å². The third-order valence-electron chi connectivity index (χ3n) is 5.79. The van der Waals surface area contributed by atoms with Gasteiger partial charge in [-0.2, -0.15) is 4.99 Å². The number of phenolic OH excluding ortho intramolecular Hbond substituents is 1. The zero-order chi connectivity index (χ0) is 13.7. The van der Waals surface area contributed by atoms with Crippen molar-refractivity contribution in [3.05, 3.63) is 23.8 Å². The van der Waals surface area contributed by atoms with E-state index >= 15 is 0 Å². The van der Waals surface area contributed by atoms with Crippen molar-refractivity contribution in [3.8, 4) is 5.75 Å². The van der Waals surface area contributed by atoms with Gasteiger partial charge in [0, 0.05) is 0 Å². The van der Waals surface area contributed by atoms with Crippen molar-refractivity contribution in [2.75, 3.05) is 0 Å². The number of phenols is 1. The van der Waals surface area contributed by atoms with Crippen molar-refractivity contribution in [2.24, 2.45) is 22.7 Å². The molecule has 0 spiro atoms. The maximum absolute atomic E-state index is 10.5. The van der Waals surface area contributed by atoms with Crippen molar-refractivity contribution in [1.82, 2.24) is 0 Å². The van der Waals surface area contributed by atoms with Crippen LogP contribution in [0.1, 0.15) is 44.1 Å². The molecule has 1 aromatic rings. The number of rotatable bonds is 2. The van der Waals surface area contributed by atoms with Crippen LogP contribution in [-0.2, 0) is 10.2 Å². The molecule has 0 aliphatic heterocycles. The highest BCUT2D eigenvalue weighted by Crippen LogP contribution is 2.61. The SMILES string of the molecule is O=C=Nc1cc(C23CC4CC(CC(C4)C2)C3)ccc1O. The van der Waals surface area contributed by atoms with Crippen LogP contribution in [0.3, 0.4) is 0 Å². The van der Waals surface area contributed by atoms with Crippen LogP contribution in [0.5, 0.6) is 5.75 Å². The smallest absolute Gasteiger partial charge is 0.240 e. The number of nitrogens with zero attached hydrogens (tertiary/aromatic N) is 1. The second-order valence-electron chi connectivity index (χ2n) is 7.10. The topological polar surface area (TPSA) is 49.7 Å². The molecule has 3 heteroatoms. The van der Waals surface area contributed by atoms with E-state index in [1.54, 1.807) is 12.1 Å². The fourth-order valence-corrected chi connectivity index (χ4v) is 5.46. The normalized spacial score (nSPS) is 37.7. The number of isocyanates is 1. The number of hydrogen-bond acceptors (Lipinski definition) is 3. The second-order valence-corrected chi connectivity index (χ2v) is 7.10. The highest BCUT2D eigenvalue weighted by Gasteiger charge is 2.51. The van der Waals surface area contributed by atoms with E-state index in [2.05, 4.69) is 4.99 Å². The molecule has 0 amide bonds. The molecule has 1 aromatic carbocycles. The Morgan fingerprint density at radius 2 is 1.70 bits per heavy atom. The summed E-state index contributed by atoms with van der Waals surface area (Å²) in [5, 5.41) is 9.78. The molecule has 0 unspecified atom stereocenters. The molecule has 3 nitrogen and oxygen atoms in total. The average molecular weight is 269 g/mol. The Labute approximate surface area is 118 Å². The van der Waals surface area contributed by atoms with Gasteiger partial charge in [0.2, 0.25) is 6.08 Å². The fourth-order valence-electron chi connectivity index (χ4n) is 5.46. The van der Waals surface area contributed by atoms with Crippen LogP contribution in [0, 0.1) is 17.8 Å². The van der Waals surface area contributed by atoms with Crippen LogP contribution >= 0.6 is 0 Å². The first-order chi connectivity index (χ1) is 9.68. The van der Waals surface area contributed by atoms with Gasteiger partial charge in [-0.3, -0.25) is 0 Å². The van der Waals surface area contributed by atoms with Crippen LogP contribution in [0.4, 0.5) is 5.69 Å². The van der Waals surface area contributed by atoms with Crippen LogP contribution in [0.15, 0.2) is 23.2 Å². The van der Waals surface area contributed by atoms with E-state index in [-0.39, 0.29) is 11.2 Å². The molecular formula is C17H19NO2.